The SMILES string of the molecule is CCCCCCCCC/C=C\CCCCCCCC(=O)OC[C@@H](O)CC(F)P(=O)(OCC)OCC. The van der Waals surface area contributed by atoms with Gasteiger partial charge in [0, 0.05) is 12.8 Å². The van der Waals surface area contributed by atoms with Crippen LogP contribution in [0.5, 0.6) is 0 Å². The Morgan fingerprint density at radius 2 is 1.31 bits per heavy atom. The molecule has 0 fully saturated rings. The van der Waals surface area contributed by atoms with Crippen molar-refractivity contribution in [2.45, 2.75) is 136 Å². The number of halogens is 1. The summed E-state index contributed by atoms with van der Waals surface area (Å²) in [5, 5.41) is 9.93. The average Bonchev–Trinajstić information content (AvgIpc) is 2.82. The van der Waals surface area contributed by atoms with E-state index in [1.54, 1.807) is 13.8 Å². The molecule has 0 amide bonds. The molecule has 0 radical (unpaired) electrons. The molecular formula is C27H52FO6P. The van der Waals surface area contributed by atoms with Gasteiger partial charge in [-0.25, -0.2) is 4.39 Å². The van der Waals surface area contributed by atoms with Crippen molar-refractivity contribution < 1.29 is 32.6 Å². The van der Waals surface area contributed by atoms with Crippen LogP contribution < -0.4 is 0 Å². The van der Waals surface area contributed by atoms with Crippen LogP contribution in [0.25, 0.3) is 0 Å². The zero-order valence-corrected chi connectivity index (χ0v) is 23.5. The number of alkyl halides is 1. The zero-order chi connectivity index (χ0) is 26.2. The van der Waals surface area contributed by atoms with E-state index in [-0.39, 0.29) is 26.2 Å². The van der Waals surface area contributed by atoms with Crippen molar-refractivity contribution in [1.29, 1.82) is 0 Å². The summed E-state index contributed by atoms with van der Waals surface area (Å²) < 4.78 is 41.5. The molecule has 0 aromatic carbocycles. The molecule has 35 heavy (non-hydrogen) atoms. The van der Waals surface area contributed by atoms with Crippen molar-refractivity contribution in [2.24, 2.45) is 0 Å². The van der Waals surface area contributed by atoms with Gasteiger partial charge in [-0.2, -0.15) is 0 Å². The molecule has 0 aliphatic rings. The Labute approximate surface area is 213 Å². The second kappa shape index (κ2) is 23.6. The summed E-state index contributed by atoms with van der Waals surface area (Å²) in [6.45, 7) is 5.18. The number of ether oxygens (including phenoxy) is 1. The first kappa shape index (κ1) is 34.2. The van der Waals surface area contributed by atoms with Gasteiger partial charge in [0.2, 0.25) is 5.91 Å². The summed E-state index contributed by atoms with van der Waals surface area (Å²) in [4.78, 5) is 11.8. The van der Waals surface area contributed by atoms with Crippen molar-refractivity contribution >= 4 is 13.6 Å². The fraction of sp³-hybridized carbons (Fsp3) is 0.889. The molecule has 0 spiro atoms. The smallest absolute Gasteiger partial charge is 0.364 e. The van der Waals surface area contributed by atoms with E-state index in [2.05, 4.69) is 19.1 Å². The fourth-order valence-electron chi connectivity index (χ4n) is 3.76. The van der Waals surface area contributed by atoms with E-state index in [0.29, 0.717) is 0 Å². The fourth-order valence-corrected chi connectivity index (χ4v) is 5.38. The number of carbonyl (C=O) groups is 1. The number of esters is 1. The van der Waals surface area contributed by atoms with Crippen LogP contribution in [-0.4, -0.2) is 42.9 Å². The van der Waals surface area contributed by atoms with Crippen LogP contribution in [0.1, 0.15) is 124 Å². The molecule has 6 nitrogen and oxygen atoms in total. The Balaban J connectivity index is 3.67. The summed E-state index contributed by atoms with van der Waals surface area (Å²) in [5.74, 6) is -2.38. The molecule has 0 aliphatic carbocycles. The third-order valence-corrected chi connectivity index (χ3v) is 7.89. The number of aliphatic hydroxyl groups is 1. The highest BCUT2D eigenvalue weighted by atomic mass is 31.2. The monoisotopic (exact) mass is 522 g/mol. The van der Waals surface area contributed by atoms with Gasteiger partial charge in [-0.05, 0) is 46.0 Å². The quantitative estimate of drug-likeness (QED) is 0.0562. The molecule has 208 valence electrons. The highest BCUT2D eigenvalue weighted by Crippen LogP contribution is 2.55. The van der Waals surface area contributed by atoms with E-state index in [9.17, 15) is 18.9 Å². The molecule has 0 aliphatic heterocycles. The van der Waals surface area contributed by atoms with Crippen molar-refractivity contribution in [1.82, 2.24) is 0 Å². The Morgan fingerprint density at radius 1 is 0.829 bits per heavy atom. The van der Waals surface area contributed by atoms with Crippen molar-refractivity contribution in [3.05, 3.63) is 12.2 Å². The second-order valence-electron chi connectivity index (χ2n) is 9.07. The molecule has 0 aromatic heterocycles. The minimum atomic E-state index is -3.93. The number of aliphatic hydroxyl groups excluding tert-OH is 1. The normalized spacial score (nSPS) is 13.9. The molecule has 0 bridgehead atoms. The first-order chi connectivity index (χ1) is 16.9. The molecule has 0 rings (SSSR count). The second-order valence-corrected chi connectivity index (χ2v) is 11.2. The van der Waals surface area contributed by atoms with Crippen LogP contribution in [0.2, 0.25) is 0 Å². The minimum absolute atomic E-state index is 0.0405. The molecule has 8 heteroatoms. The lowest BCUT2D eigenvalue weighted by Gasteiger charge is -2.22. The van der Waals surface area contributed by atoms with Crippen molar-refractivity contribution in [3.63, 3.8) is 0 Å². The van der Waals surface area contributed by atoms with Gasteiger partial charge >= 0.3 is 13.6 Å². The number of carbonyl (C=O) groups excluding carboxylic acids is 1. The number of unbranched alkanes of at least 4 members (excludes halogenated alkanes) is 12. The van der Waals surface area contributed by atoms with Gasteiger partial charge in [0.25, 0.3) is 0 Å². The van der Waals surface area contributed by atoms with Gasteiger partial charge in [0.1, 0.15) is 6.61 Å². The van der Waals surface area contributed by atoms with Gasteiger partial charge in [-0.1, -0.05) is 76.9 Å². The first-order valence-electron chi connectivity index (χ1n) is 13.9. The number of rotatable bonds is 25. The summed E-state index contributed by atoms with van der Waals surface area (Å²) in [7, 11) is -3.93. The molecule has 2 atom stereocenters. The lowest BCUT2D eigenvalue weighted by molar-refractivity contribution is -0.147. The van der Waals surface area contributed by atoms with Crippen LogP contribution in [0.4, 0.5) is 4.39 Å². The Morgan fingerprint density at radius 3 is 1.83 bits per heavy atom. The molecule has 0 saturated heterocycles. The van der Waals surface area contributed by atoms with Crippen molar-refractivity contribution in [3.8, 4) is 0 Å². The minimum Gasteiger partial charge on any atom is -0.463 e. The lowest BCUT2D eigenvalue weighted by Crippen LogP contribution is -2.23. The number of allylic oxidation sites excluding steroid dienone is 2. The number of hydrogen-bond donors (Lipinski definition) is 1. The molecule has 0 aromatic rings. The maximum atomic E-state index is 14.3. The molecule has 0 heterocycles. The van der Waals surface area contributed by atoms with Gasteiger partial charge in [0.15, 0.2) is 0 Å². The molecule has 1 N–H and O–H groups in total. The molecule has 1 unspecified atom stereocenters. The van der Waals surface area contributed by atoms with Crippen LogP contribution in [-0.2, 0) is 23.1 Å². The first-order valence-corrected chi connectivity index (χ1v) is 15.5. The highest BCUT2D eigenvalue weighted by molar-refractivity contribution is 7.54. The lowest BCUT2D eigenvalue weighted by atomic mass is 10.1. The largest absolute Gasteiger partial charge is 0.463 e. The van der Waals surface area contributed by atoms with Crippen molar-refractivity contribution in [2.75, 3.05) is 19.8 Å². The predicted octanol–water partition coefficient (Wildman–Crippen LogP) is 8.27. The Kier molecular flexibility index (Phi) is 23.1. The van der Waals surface area contributed by atoms with E-state index in [1.165, 1.54) is 57.8 Å². The average molecular weight is 523 g/mol. The third kappa shape index (κ3) is 20.0. The molecule has 0 saturated carbocycles. The van der Waals surface area contributed by atoms with Crippen LogP contribution >= 0.6 is 7.60 Å². The molecular weight excluding hydrogens is 470 g/mol. The zero-order valence-electron chi connectivity index (χ0n) is 22.6. The topological polar surface area (TPSA) is 82.1 Å². The van der Waals surface area contributed by atoms with Gasteiger partial charge < -0.3 is 18.9 Å². The van der Waals surface area contributed by atoms with Crippen LogP contribution in [0.15, 0.2) is 12.2 Å². The maximum Gasteiger partial charge on any atom is 0.364 e. The third-order valence-electron chi connectivity index (χ3n) is 5.76. The van der Waals surface area contributed by atoms with Gasteiger partial charge in [-0.3, -0.25) is 9.36 Å². The van der Waals surface area contributed by atoms with Gasteiger partial charge in [0.05, 0.1) is 19.3 Å². The van der Waals surface area contributed by atoms with E-state index in [1.807, 2.05) is 0 Å². The van der Waals surface area contributed by atoms with Gasteiger partial charge in [-0.15, -0.1) is 0 Å². The van der Waals surface area contributed by atoms with E-state index in [4.69, 9.17) is 13.8 Å². The maximum absolute atomic E-state index is 14.3. The van der Waals surface area contributed by atoms with Crippen LogP contribution in [0, 0.1) is 0 Å². The van der Waals surface area contributed by atoms with E-state index in [0.717, 1.165) is 32.1 Å². The standard InChI is InChI=1S/C27H52FO6P/c1-4-7-8-9-10-11-12-13-14-15-16-17-18-19-20-21-22-27(30)32-24-25(29)23-26(28)35(31,33-5-2)34-6-3/h14-15,25-26,29H,4-13,16-24H2,1-3H3/b15-14-/t25-,26?/m0/s1. The predicted molar refractivity (Wildman–Crippen MR) is 141 cm³/mol. The Hall–Kier alpha value is -0.750. The summed E-state index contributed by atoms with van der Waals surface area (Å²) >= 11 is 0. The summed E-state index contributed by atoms with van der Waals surface area (Å²) in [6.07, 6.45) is 20.0. The van der Waals surface area contributed by atoms with E-state index < -0.39 is 32.0 Å². The summed E-state index contributed by atoms with van der Waals surface area (Å²) in [6, 6.07) is 0. The number of hydrogen-bond acceptors (Lipinski definition) is 6. The summed E-state index contributed by atoms with van der Waals surface area (Å²) in [5.41, 5.74) is 0. The highest BCUT2D eigenvalue weighted by Gasteiger charge is 2.37. The van der Waals surface area contributed by atoms with Crippen LogP contribution in [0.3, 0.4) is 0 Å². The van der Waals surface area contributed by atoms with E-state index >= 15 is 0 Å². The Bertz CT molecular complexity index is 562.